The average molecular weight is 777 g/mol. The van der Waals surface area contributed by atoms with Gasteiger partial charge < -0.3 is 34.0 Å². The van der Waals surface area contributed by atoms with Crippen molar-refractivity contribution in [1.29, 1.82) is 0 Å². The Morgan fingerprint density at radius 3 is 2.42 bits per heavy atom. The predicted octanol–water partition coefficient (Wildman–Crippen LogP) is 4.36. The van der Waals surface area contributed by atoms with Crippen molar-refractivity contribution < 1.29 is 38.8 Å². The van der Waals surface area contributed by atoms with Gasteiger partial charge in [-0.3, -0.25) is 0 Å². The number of alkyl halides is 2. The molecule has 5 aliphatic rings. The topological polar surface area (TPSA) is 115 Å². The lowest BCUT2D eigenvalue weighted by atomic mass is 9.53. The van der Waals surface area contributed by atoms with E-state index in [2.05, 4.69) is 92.5 Å². The molecule has 0 aromatic heterocycles. The van der Waals surface area contributed by atoms with Crippen molar-refractivity contribution in [1.82, 2.24) is 0 Å². The Kier molecular flexibility index (Phi) is 7.09. The SMILES string of the molecule is C=C(C)[C@@]12OC(=O)O[C@@H]1[C@@H]1C[C@]3(CI)O[C@@]1([C@H](CI)[C@H]2O)[C@@H]1C[C@H](C)[C@H](O[Si](C)(C)C(C)(C)C)[C@@]1(O)[C@@H]3O. The first-order valence-corrected chi connectivity index (χ1v) is 19.5. The molecule has 3 N–H and O–H groups in total. The first-order valence-electron chi connectivity index (χ1n) is 13.5. The molecular weight excluding hydrogens is 734 g/mol. The number of hydrogen-bond donors (Lipinski definition) is 3. The fourth-order valence-corrected chi connectivity index (χ4v) is 11.8. The molecule has 5 fully saturated rings. The molecule has 0 unspecified atom stereocenters. The van der Waals surface area contributed by atoms with Crippen LogP contribution in [0.15, 0.2) is 12.2 Å². The van der Waals surface area contributed by atoms with Crippen molar-refractivity contribution in [3.05, 3.63) is 12.2 Å². The van der Waals surface area contributed by atoms with Gasteiger partial charge in [-0.15, -0.1) is 0 Å². The quantitative estimate of drug-likeness (QED) is 0.124. The zero-order valence-corrected chi connectivity index (χ0v) is 28.6. The van der Waals surface area contributed by atoms with Gasteiger partial charge in [-0.1, -0.05) is 79.5 Å². The molecule has 2 saturated carbocycles. The third-order valence-corrected chi connectivity index (χ3v) is 17.8. The van der Waals surface area contributed by atoms with E-state index in [-0.39, 0.29) is 11.0 Å². The van der Waals surface area contributed by atoms with Gasteiger partial charge in [0, 0.05) is 26.6 Å². The third kappa shape index (κ3) is 3.45. The summed E-state index contributed by atoms with van der Waals surface area (Å²) in [6.07, 6.45) is -3.69. The second-order valence-corrected chi connectivity index (χ2v) is 20.4. The minimum absolute atomic E-state index is 0.0554. The number of halogens is 2. The second-order valence-electron chi connectivity index (χ2n) is 14.0. The molecule has 38 heavy (non-hydrogen) atoms. The molecule has 11 heteroatoms. The van der Waals surface area contributed by atoms with Crippen molar-refractivity contribution in [2.75, 3.05) is 8.86 Å². The van der Waals surface area contributed by atoms with Crippen LogP contribution in [-0.4, -0.2) is 85.5 Å². The van der Waals surface area contributed by atoms with Crippen LogP contribution in [0.2, 0.25) is 18.1 Å². The monoisotopic (exact) mass is 776 g/mol. The summed E-state index contributed by atoms with van der Waals surface area (Å²) in [6, 6.07) is 0. The zero-order valence-electron chi connectivity index (χ0n) is 23.3. The van der Waals surface area contributed by atoms with Gasteiger partial charge in [-0.25, -0.2) is 4.79 Å². The van der Waals surface area contributed by atoms with Crippen LogP contribution in [0.25, 0.3) is 0 Å². The van der Waals surface area contributed by atoms with E-state index in [9.17, 15) is 20.1 Å². The first-order chi connectivity index (χ1) is 17.4. The molecule has 216 valence electrons. The highest BCUT2D eigenvalue weighted by molar-refractivity contribution is 14.1. The number of rotatable bonds is 5. The number of aliphatic hydroxyl groups excluding tert-OH is 2. The highest BCUT2D eigenvalue weighted by Gasteiger charge is 2.85. The number of hydrogen-bond acceptors (Lipinski definition) is 8. The lowest BCUT2D eigenvalue weighted by molar-refractivity contribution is -0.333. The molecule has 1 spiro atoms. The highest BCUT2D eigenvalue weighted by atomic mass is 127. The van der Waals surface area contributed by atoms with E-state index in [1.807, 2.05) is 0 Å². The van der Waals surface area contributed by atoms with Gasteiger partial charge >= 0.3 is 6.16 Å². The van der Waals surface area contributed by atoms with Crippen LogP contribution in [0.4, 0.5) is 4.79 Å². The second kappa shape index (κ2) is 8.99. The summed E-state index contributed by atoms with van der Waals surface area (Å²) >= 11 is 4.48. The van der Waals surface area contributed by atoms with Gasteiger partial charge in [0.15, 0.2) is 20.0 Å². The highest BCUT2D eigenvalue weighted by Crippen LogP contribution is 2.71. The van der Waals surface area contributed by atoms with Crippen molar-refractivity contribution in [2.45, 2.75) is 112 Å². The minimum atomic E-state index is -2.33. The molecule has 0 amide bonds. The molecule has 2 aliphatic carbocycles. The van der Waals surface area contributed by atoms with Crippen LogP contribution in [-0.2, 0) is 18.6 Å². The largest absolute Gasteiger partial charge is 0.509 e. The summed E-state index contributed by atoms with van der Waals surface area (Å²) in [6.45, 7) is 18.8. The molecule has 0 aromatic rings. The molecular formula is C27H42I2O8Si. The number of carbonyl (C=O) groups excluding carboxylic acids is 1. The van der Waals surface area contributed by atoms with E-state index in [1.165, 1.54) is 0 Å². The minimum Gasteiger partial charge on any atom is -0.426 e. The molecule has 8 nitrogen and oxygen atoms in total. The van der Waals surface area contributed by atoms with Crippen molar-refractivity contribution >= 4 is 59.7 Å². The predicted molar refractivity (Wildman–Crippen MR) is 161 cm³/mol. The smallest absolute Gasteiger partial charge is 0.426 e. The normalized spacial score (nSPS) is 51.6. The fourth-order valence-electron chi connectivity index (χ4n) is 8.32. The fraction of sp³-hybridized carbons (Fsp3) is 0.889. The van der Waals surface area contributed by atoms with Gasteiger partial charge in [0.25, 0.3) is 0 Å². The summed E-state index contributed by atoms with van der Waals surface area (Å²) in [4.78, 5) is 12.6. The van der Waals surface area contributed by atoms with Crippen LogP contribution in [0.3, 0.4) is 0 Å². The maximum absolute atomic E-state index is 12.8. The van der Waals surface area contributed by atoms with Gasteiger partial charge in [0.2, 0.25) is 0 Å². The van der Waals surface area contributed by atoms with E-state index >= 15 is 0 Å². The number of aliphatic hydroxyl groups is 3. The van der Waals surface area contributed by atoms with Crippen LogP contribution in [0, 0.1) is 23.7 Å². The average Bonchev–Trinajstić information content (AvgIpc) is 3.42. The molecule has 3 saturated heterocycles. The van der Waals surface area contributed by atoms with Gasteiger partial charge in [0.05, 0.1) is 11.7 Å². The van der Waals surface area contributed by atoms with Crippen LogP contribution >= 0.6 is 45.2 Å². The standard InChI is InChI=1S/C27H42I2O8Si/c1-13(2)26-18(30)16(11-28)27-15(20(26)34-22(32)35-26)10-24(12-29,37-27)21(31)25(33)17(27)9-14(3)19(25)36-38(7,8)23(4,5)6/h14-21,30-31,33H,1,9-12H2,2-8H3/t14-,15-,16+,17+,18+,19-,20+,21+,24+,25+,26-,27-/m0/s1. The third-order valence-electron chi connectivity index (χ3n) is 11.1. The summed E-state index contributed by atoms with van der Waals surface area (Å²) in [5, 5.41) is 36.9. The van der Waals surface area contributed by atoms with E-state index < -0.39 is 79.0 Å². The maximum atomic E-state index is 12.8. The van der Waals surface area contributed by atoms with E-state index in [4.69, 9.17) is 18.6 Å². The molecule has 3 aliphatic heterocycles. The van der Waals surface area contributed by atoms with Crippen LogP contribution in [0.1, 0.15) is 47.5 Å². The summed E-state index contributed by atoms with van der Waals surface area (Å²) in [5.74, 6) is -1.49. The van der Waals surface area contributed by atoms with Gasteiger partial charge in [-0.2, -0.15) is 0 Å². The van der Waals surface area contributed by atoms with Gasteiger partial charge in [0.1, 0.15) is 23.4 Å². The molecule has 5 rings (SSSR count). The maximum Gasteiger partial charge on any atom is 0.509 e. The van der Waals surface area contributed by atoms with E-state index in [1.54, 1.807) is 6.92 Å². The van der Waals surface area contributed by atoms with Crippen molar-refractivity contribution in [2.24, 2.45) is 23.7 Å². The summed E-state index contributed by atoms with van der Waals surface area (Å²) < 4.78 is 26.5. The summed E-state index contributed by atoms with van der Waals surface area (Å²) in [7, 11) is -2.33. The number of carbonyl (C=O) groups is 1. The summed E-state index contributed by atoms with van der Waals surface area (Å²) in [5.41, 5.74) is -4.62. The molecule has 0 aromatic carbocycles. The first kappa shape index (κ1) is 30.0. The molecule has 0 radical (unpaired) electrons. The lowest BCUT2D eigenvalue weighted by Crippen LogP contribution is -2.78. The van der Waals surface area contributed by atoms with Crippen molar-refractivity contribution in [3.63, 3.8) is 0 Å². The molecule has 12 atom stereocenters. The Bertz CT molecular complexity index is 1040. The zero-order chi connectivity index (χ0) is 28.4. The van der Waals surface area contributed by atoms with Gasteiger partial charge in [-0.05, 0) is 49.4 Å². The Morgan fingerprint density at radius 1 is 1.26 bits per heavy atom. The molecule has 2 bridgehead atoms. The lowest BCUT2D eigenvalue weighted by Gasteiger charge is -2.62. The Balaban J connectivity index is 1.71. The molecule has 3 heterocycles. The Hall–Kier alpha value is 0.487. The van der Waals surface area contributed by atoms with Crippen LogP contribution < -0.4 is 0 Å². The van der Waals surface area contributed by atoms with Crippen molar-refractivity contribution in [3.8, 4) is 0 Å². The number of fused-ring (bicyclic) bond motifs is 4. The Labute approximate surface area is 254 Å². The van der Waals surface area contributed by atoms with E-state index in [0.29, 0.717) is 27.3 Å². The number of ether oxygens (including phenoxy) is 3. The van der Waals surface area contributed by atoms with E-state index in [0.717, 1.165) is 0 Å². The van der Waals surface area contributed by atoms with Crippen LogP contribution in [0.5, 0.6) is 0 Å². The Morgan fingerprint density at radius 2 is 1.89 bits per heavy atom.